The molecule has 58 valence electrons. The molecule has 0 aromatic rings. The van der Waals surface area contributed by atoms with Crippen LogP contribution in [0.1, 0.15) is 13.3 Å². The van der Waals surface area contributed by atoms with Gasteiger partial charge in [0.2, 0.25) is 0 Å². The Labute approximate surface area is 60.9 Å². The summed E-state index contributed by atoms with van der Waals surface area (Å²) in [6, 6.07) is -0.553. The summed E-state index contributed by atoms with van der Waals surface area (Å²) in [7, 11) is 1.32. The average Bonchev–Trinajstić information content (AvgIpc) is 1.85. The third-order valence-corrected chi connectivity index (χ3v) is 1.07. The number of hydrogen-bond donors (Lipinski definition) is 1. The molecule has 0 spiro atoms. The largest absolute Gasteiger partial charge is 0.468 e. The summed E-state index contributed by atoms with van der Waals surface area (Å²) in [6.45, 7) is 5.45. The van der Waals surface area contributed by atoms with Gasteiger partial charge in [-0.25, -0.2) is 0 Å². The average molecular weight is 143 g/mol. The summed E-state index contributed by atoms with van der Waals surface area (Å²) < 4.78 is 4.41. The fourth-order valence-corrected chi connectivity index (χ4v) is 0.610. The highest BCUT2D eigenvalue weighted by atomic mass is 16.5. The molecular weight excluding hydrogens is 130 g/mol. The van der Waals surface area contributed by atoms with Crippen molar-refractivity contribution in [1.82, 2.24) is 0 Å². The highest BCUT2D eigenvalue weighted by Gasteiger charge is 2.12. The first-order valence-corrected chi connectivity index (χ1v) is 3.05. The van der Waals surface area contributed by atoms with E-state index in [4.69, 9.17) is 5.73 Å². The Bertz CT molecular complexity index is 143. The third kappa shape index (κ3) is 3.25. The fourth-order valence-electron chi connectivity index (χ4n) is 0.610. The van der Waals surface area contributed by atoms with Crippen molar-refractivity contribution in [2.75, 3.05) is 7.11 Å². The molecule has 0 radical (unpaired) electrons. The lowest BCUT2D eigenvalue weighted by atomic mass is 10.1. The lowest BCUT2D eigenvalue weighted by molar-refractivity contribution is -0.142. The van der Waals surface area contributed by atoms with Gasteiger partial charge in [-0.05, 0) is 13.3 Å². The van der Waals surface area contributed by atoms with E-state index in [9.17, 15) is 4.79 Å². The van der Waals surface area contributed by atoms with Crippen LogP contribution in [0.5, 0.6) is 0 Å². The molecule has 3 heteroatoms. The molecule has 3 nitrogen and oxygen atoms in total. The van der Waals surface area contributed by atoms with Gasteiger partial charge in [0, 0.05) is 0 Å². The van der Waals surface area contributed by atoms with E-state index in [2.05, 4.69) is 11.3 Å². The van der Waals surface area contributed by atoms with E-state index in [1.54, 1.807) is 0 Å². The van der Waals surface area contributed by atoms with Crippen molar-refractivity contribution in [2.24, 2.45) is 5.73 Å². The third-order valence-electron chi connectivity index (χ3n) is 1.07. The molecule has 0 saturated heterocycles. The fraction of sp³-hybridized carbons (Fsp3) is 0.571. The van der Waals surface area contributed by atoms with Gasteiger partial charge >= 0.3 is 5.97 Å². The van der Waals surface area contributed by atoms with Crippen LogP contribution in [0, 0.1) is 0 Å². The van der Waals surface area contributed by atoms with Crippen molar-refractivity contribution in [1.29, 1.82) is 0 Å². The maximum Gasteiger partial charge on any atom is 0.322 e. The van der Waals surface area contributed by atoms with Gasteiger partial charge in [0.15, 0.2) is 0 Å². The molecule has 0 amide bonds. The lowest BCUT2D eigenvalue weighted by Gasteiger charge is -2.07. The van der Waals surface area contributed by atoms with Crippen molar-refractivity contribution >= 4 is 5.97 Å². The maximum absolute atomic E-state index is 10.7. The van der Waals surface area contributed by atoms with Gasteiger partial charge < -0.3 is 10.5 Å². The molecule has 0 saturated carbocycles. The highest BCUT2D eigenvalue weighted by Crippen LogP contribution is 1.99. The molecule has 0 rings (SSSR count). The van der Waals surface area contributed by atoms with Crippen LogP contribution < -0.4 is 5.73 Å². The zero-order valence-corrected chi connectivity index (χ0v) is 6.39. The van der Waals surface area contributed by atoms with Crippen LogP contribution in [0.25, 0.3) is 0 Å². The number of carbonyl (C=O) groups is 1. The minimum Gasteiger partial charge on any atom is -0.468 e. The number of methoxy groups -OCH3 is 1. The van der Waals surface area contributed by atoms with Crippen LogP contribution in [-0.4, -0.2) is 19.1 Å². The van der Waals surface area contributed by atoms with Gasteiger partial charge in [-0.2, -0.15) is 0 Å². The molecule has 0 heterocycles. The predicted molar refractivity (Wildman–Crippen MR) is 39.4 cm³/mol. The summed E-state index contributed by atoms with van der Waals surface area (Å²) in [5, 5.41) is 0. The molecule has 2 N–H and O–H groups in total. The van der Waals surface area contributed by atoms with Crippen molar-refractivity contribution in [3.63, 3.8) is 0 Å². The number of nitrogens with two attached hydrogens (primary N) is 1. The van der Waals surface area contributed by atoms with Crippen molar-refractivity contribution in [2.45, 2.75) is 19.4 Å². The number of esters is 1. The topological polar surface area (TPSA) is 52.3 Å². The van der Waals surface area contributed by atoms with E-state index in [0.29, 0.717) is 6.42 Å². The monoisotopic (exact) mass is 143 g/mol. The van der Waals surface area contributed by atoms with Gasteiger partial charge in [-0.3, -0.25) is 4.79 Å². The van der Waals surface area contributed by atoms with Gasteiger partial charge in [0.05, 0.1) is 7.11 Å². The number of ether oxygens (including phenoxy) is 1. The molecule has 0 aromatic heterocycles. The minimum absolute atomic E-state index is 0.386. The quantitative estimate of drug-likeness (QED) is 0.461. The maximum atomic E-state index is 10.7. The van der Waals surface area contributed by atoms with Crippen LogP contribution in [0.3, 0.4) is 0 Å². The van der Waals surface area contributed by atoms with E-state index in [-0.39, 0.29) is 5.97 Å². The van der Waals surface area contributed by atoms with Crippen molar-refractivity contribution in [3.05, 3.63) is 12.2 Å². The molecule has 0 aromatic carbocycles. The van der Waals surface area contributed by atoms with Gasteiger partial charge in [-0.15, -0.1) is 6.58 Å². The Morgan fingerprint density at radius 2 is 2.30 bits per heavy atom. The second kappa shape index (κ2) is 4.06. The molecule has 0 fully saturated rings. The standard InChI is InChI=1S/C7H13NO2/c1-5(2)4-6(8)7(9)10-3/h6H,1,4,8H2,2-3H3. The second-order valence-electron chi connectivity index (χ2n) is 2.29. The van der Waals surface area contributed by atoms with E-state index >= 15 is 0 Å². The smallest absolute Gasteiger partial charge is 0.322 e. The Hall–Kier alpha value is -0.830. The summed E-state index contributed by atoms with van der Waals surface area (Å²) in [6.07, 6.45) is 0.493. The van der Waals surface area contributed by atoms with Crippen LogP contribution in [0.15, 0.2) is 12.2 Å². The van der Waals surface area contributed by atoms with Gasteiger partial charge in [-0.1, -0.05) is 5.57 Å². The Morgan fingerprint density at radius 3 is 2.60 bits per heavy atom. The molecular formula is C7H13NO2. The summed E-state index contributed by atoms with van der Waals surface area (Å²) in [5.41, 5.74) is 6.28. The second-order valence-corrected chi connectivity index (χ2v) is 2.29. The number of rotatable bonds is 3. The Morgan fingerprint density at radius 1 is 1.80 bits per heavy atom. The lowest BCUT2D eigenvalue weighted by Crippen LogP contribution is -2.31. The molecule has 0 bridgehead atoms. The van der Waals surface area contributed by atoms with Gasteiger partial charge in [0.25, 0.3) is 0 Å². The SMILES string of the molecule is C=C(C)CC(N)C(=O)OC. The molecule has 1 unspecified atom stereocenters. The Balaban J connectivity index is 3.72. The van der Waals surface area contributed by atoms with E-state index in [1.807, 2.05) is 6.92 Å². The normalized spacial score (nSPS) is 12.3. The molecule has 0 aliphatic carbocycles. The molecule has 1 atom stereocenters. The summed E-state index contributed by atoms with van der Waals surface area (Å²) in [5.74, 6) is -0.386. The van der Waals surface area contributed by atoms with E-state index < -0.39 is 6.04 Å². The highest BCUT2D eigenvalue weighted by molar-refractivity contribution is 5.75. The van der Waals surface area contributed by atoms with Crippen LogP contribution in [-0.2, 0) is 9.53 Å². The van der Waals surface area contributed by atoms with E-state index in [0.717, 1.165) is 5.57 Å². The summed E-state index contributed by atoms with van der Waals surface area (Å²) >= 11 is 0. The van der Waals surface area contributed by atoms with E-state index in [1.165, 1.54) is 7.11 Å². The van der Waals surface area contributed by atoms with Crippen LogP contribution in [0.4, 0.5) is 0 Å². The first kappa shape index (κ1) is 9.17. The molecule has 0 aliphatic heterocycles. The van der Waals surface area contributed by atoms with Crippen molar-refractivity contribution < 1.29 is 9.53 Å². The van der Waals surface area contributed by atoms with Crippen LogP contribution >= 0.6 is 0 Å². The first-order valence-electron chi connectivity index (χ1n) is 3.05. The van der Waals surface area contributed by atoms with Gasteiger partial charge in [0.1, 0.15) is 6.04 Å². The minimum atomic E-state index is -0.553. The first-order chi connectivity index (χ1) is 4.57. The molecule has 10 heavy (non-hydrogen) atoms. The number of hydrogen-bond acceptors (Lipinski definition) is 3. The predicted octanol–water partition coefficient (Wildman–Crippen LogP) is 0.453. The zero-order chi connectivity index (χ0) is 8.15. The van der Waals surface area contributed by atoms with Crippen molar-refractivity contribution in [3.8, 4) is 0 Å². The zero-order valence-electron chi connectivity index (χ0n) is 6.39. The molecule has 0 aliphatic rings. The Kier molecular flexibility index (Phi) is 3.72. The number of carbonyl (C=O) groups excluding carboxylic acids is 1. The summed E-state index contributed by atoms with van der Waals surface area (Å²) in [4.78, 5) is 10.7. The van der Waals surface area contributed by atoms with Crippen LogP contribution in [0.2, 0.25) is 0 Å².